The molecule has 112 valence electrons. The van der Waals surface area contributed by atoms with Gasteiger partial charge in [0.15, 0.2) is 0 Å². The van der Waals surface area contributed by atoms with E-state index >= 15 is 0 Å². The Morgan fingerprint density at radius 1 is 1.10 bits per heavy atom. The first-order valence-electron chi connectivity index (χ1n) is 6.95. The van der Waals surface area contributed by atoms with Gasteiger partial charge in [-0.25, -0.2) is 0 Å². The van der Waals surface area contributed by atoms with Crippen molar-refractivity contribution < 1.29 is 4.74 Å². The van der Waals surface area contributed by atoms with Gasteiger partial charge in [0.05, 0.1) is 5.02 Å². The smallest absolute Gasteiger partial charge is 0.139 e. The van der Waals surface area contributed by atoms with Crippen molar-refractivity contribution in [1.82, 2.24) is 0 Å². The molecule has 2 unspecified atom stereocenters. The zero-order valence-corrected chi connectivity index (χ0v) is 13.7. The lowest BCUT2D eigenvalue weighted by atomic mass is 10.0. The van der Waals surface area contributed by atoms with E-state index < -0.39 is 0 Å². The lowest BCUT2D eigenvalue weighted by Gasteiger charge is -2.25. The van der Waals surface area contributed by atoms with E-state index in [0.29, 0.717) is 15.8 Å². The highest BCUT2D eigenvalue weighted by Gasteiger charge is 2.21. The average molecular weight is 324 g/mol. The number of hydrogen-bond donors (Lipinski definition) is 1. The summed E-state index contributed by atoms with van der Waals surface area (Å²) in [5, 5.41) is 1.28. The molecule has 0 saturated carbocycles. The fraction of sp³-hybridized carbons (Fsp3) is 0.294. The monoisotopic (exact) mass is 323 g/mol. The molecule has 0 aliphatic carbocycles. The van der Waals surface area contributed by atoms with E-state index in [4.69, 9.17) is 33.7 Å². The summed E-state index contributed by atoms with van der Waals surface area (Å²) in [5.41, 5.74) is 8.31. The Labute approximate surface area is 135 Å². The SMILES string of the molecule is CCC(N)C(Oc1cc(C)ccc1Cl)c1ccc(Cl)cc1. The Kier molecular flexibility index (Phi) is 5.51. The van der Waals surface area contributed by atoms with E-state index in [1.807, 2.05) is 56.3 Å². The fourth-order valence-electron chi connectivity index (χ4n) is 2.11. The molecule has 0 aliphatic heterocycles. The maximum atomic E-state index is 6.22. The molecule has 2 rings (SSSR count). The molecule has 2 N–H and O–H groups in total. The molecule has 0 aromatic heterocycles. The van der Waals surface area contributed by atoms with Gasteiger partial charge in [-0.2, -0.15) is 0 Å². The van der Waals surface area contributed by atoms with Gasteiger partial charge in [-0.1, -0.05) is 48.3 Å². The summed E-state index contributed by atoms with van der Waals surface area (Å²) in [6.45, 7) is 4.04. The van der Waals surface area contributed by atoms with E-state index in [9.17, 15) is 0 Å². The molecule has 2 aromatic rings. The van der Waals surface area contributed by atoms with Crippen molar-refractivity contribution in [1.29, 1.82) is 0 Å². The predicted molar refractivity (Wildman–Crippen MR) is 89.3 cm³/mol. The Morgan fingerprint density at radius 2 is 1.76 bits per heavy atom. The number of nitrogens with two attached hydrogens (primary N) is 1. The van der Waals surface area contributed by atoms with Crippen LogP contribution in [0.15, 0.2) is 42.5 Å². The van der Waals surface area contributed by atoms with Crippen LogP contribution in [0.4, 0.5) is 0 Å². The molecular formula is C17H19Cl2NO. The van der Waals surface area contributed by atoms with E-state index in [1.165, 1.54) is 0 Å². The Balaban J connectivity index is 2.32. The third-order valence-electron chi connectivity index (χ3n) is 3.40. The van der Waals surface area contributed by atoms with Gasteiger partial charge in [0.2, 0.25) is 0 Å². The van der Waals surface area contributed by atoms with Crippen molar-refractivity contribution in [2.24, 2.45) is 5.73 Å². The summed E-state index contributed by atoms with van der Waals surface area (Å²) < 4.78 is 6.10. The van der Waals surface area contributed by atoms with Crippen molar-refractivity contribution in [3.8, 4) is 5.75 Å². The van der Waals surface area contributed by atoms with Gasteiger partial charge in [0.25, 0.3) is 0 Å². The molecule has 21 heavy (non-hydrogen) atoms. The van der Waals surface area contributed by atoms with E-state index in [-0.39, 0.29) is 12.1 Å². The van der Waals surface area contributed by atoms with Gasteiger partial charge in [-0.05, 0) is 48.7 Å². The molecule has 0 aliphatic rings. The third-order valence-corrected chi connectivity index (χ3v) is 3.96. The largest absolute Gasteiger partial charge is 0.483 e. The van der Waals surface area contributed by atoms with E-state index in [2.05, 4.69) is 0 Å². The summed E-state index contributed by atoms with van der Waals surface area (Å²) in [6, 6.07) is 13.1. The quantitative estimate of drug-likeness (QED) is 0.824. The van der Waals surface area contributed by atoms with Gasteiger partial charge >= 0.3 is 0 Å². The molecule has 0 fully saturated rings. The molecule has 0 bridgehead atoms. The predicted octanol–water partition coefficient (Wildman–Crippen LogP) is 5.16. The minimum Gasteiger partial charge on any atom is -0.483 e. The van der Waals surface area contributed by atoms with Crippen LogP contribution in [0.5, 0.6) is 5.75 Å². The molecular weight excluding hydrogens is 305 g/mol. The second-order valence-electron chi connectivity index (χ2n) is 5.10. The highest BCUT2D eigenvalue weighted by Crippen LogP contribution is 2.32. The van der Waals surface area contributed by atoms with E-state index in [0.717, 1.165) is 17.5 Å². The molecule has 0 amide bonds. The molecule has 0 saturated heterocycles. The van der Waals surface area contributed by atoms with Gasteiger partial charge in [0.1, 0.15) is 11.9 Å². The van der Waals surface area contributed by atoms with Crippen LogP contribution >= 0.6 is 23.2 Å². The van der Waals surface area contributed by atoms with Crippen molar-refractivity contribution in [3.63, 3.8) is 0 Å². The van der Waals surface area contributed by atoms with Crippen LogP contribution in [0.2, 0.25) is 10.0 Å². The van der Waals surface area contributed by atoms with Crippen LogP contribution in [0.25, 0.3) is 0 Å². The molecule has 4 heteroatoms. The molecule has 0 radical (unpaired) electrons. The first kappa shape index (κ1) is 16.2. The van der Waals surface area contributed by atoms with Crippen LogP contribution in [0, 0.1) is 6.92 Å². The van der Waals surface area contributed by atoms with Crippen LogP contribution in [-0.2, 0) is 0 Å². The molecule has 0 spiro atoms. The maximum absolute atomic E-state index is 6.22. The maximum Gasteiger partial charge on any atom is 0.139 e. The molecule has 2 atom stereocenters. The Morgan fingerprint density at radius 3 is 2.38 bits per heavy atom. The standard InChI is InChI=1S/C17H19Cl2NO/c1-3-15(20)17(12-5-7-13(18)8-6-12)21-16-10-11(2)4-9-14(16)19/h4-10,15,17H,3,20H2,1-2H3. The Bertz CT molecular complexity index is 598. The topological polar surface area (TPSA) is 35.2 Å². The van der Waals surface area contributed by atoms with Crippen molar-refractivity contribution in [3.05, 3.63) is 63.6 Å². The minimum atomic E-state index is -0.258. The lowest BCUT2D eigenvalue weighted by molar-refractivity contribution is 0.171. The van der Waals surface area contributed by atoms with Crippen LogP contribution in [0.1, 0.15) is 30.6 Å². The van der Waals surface area contributed by atoms with E-state index in [1.54, 1.807) is 0 Å². The average Bonchev–Trinajstić information content (AvgIpc) is 2.48. The summed E-state index contributed by atoms with van der Waals surface area (Å²) in [7, 11) is 0. The normalized spacial score (nSPS) is 13.8. The highest BCUT2D eigenvalue weighted by molar-refractivity contribution is 6.32. The molecule has 0 heterocycles. The number of rotatable bonds is 5. The van der Waals surface area contributed by atoms with Crippen LogP contribution in [0.3, 0.4) is 0 Å². The number of halogens is 2. The van der Waals surface area contributed by atoms with Gasteiger partial charge in [0, 0.05) is 11.1 Å². The highest BCUT2D eigenvalue weighted by atomic mass is 35.5. The lowest BCUT2D eigenvalue weighted by Crippen LogP contribution is -2.31. The van der Waals surface area contributed by atoms with Gasteiger partial charge in [-0.15, -0.1) is 0 Å². The van der Waals surface area contributed by atoms with Crippen molar-refractivity contribution >= 4 is 23.2 Å². The van der Waals surface area contributed by atoms with Crippen molar-refractivity contribution in [2.75, 3.05) is 0 Å². The Hall–Kier alpha value is -1.22. The third kappa shape index (κ3) is 4.13. The number of aryl methyl sites for hydroxylation is 1. The number of benzene rings is 2. The molecule has 2 aromatic carbocycles. The second-order valence-corrected chi connectivity index (χ2v) is 5.94. The van der Waals surface area contributed by atoms with Gasteiger partial charge in [-0.3, -0.25) is 0 Å². The summed E-state index contributed by atoms with van der Waals surface area (Å²) in [5.74, 6) is 0.653. The number of ether oxygens (including phenoxy) is 1. The fourth-order valence-corrected chi connectivity index (χ4v) is 2.39. The zero-order chi connectivity index (χ0) is 15.4. The second kappa shape index (κ2) is 7.17. The molecule has 2 nitrogen and oxygen atoms in total. The summed E-state index contributed by atoms with van der Waals surface area (Å²) in [4.78, 5) is 0. The number of hydrogen-bond acceptors (Lipinski definition) is 2. The first-order chi connectivity index (χ1) is 10.0. The van der Waals surface area contributed by atoms with Crippen LogP contribution in [-0.4, -0.2) is 6.04 Å². The van der Waals surface area contributed by atoms with Crippen molar-refractivity contribution in [2.45, 2.75) is 32.4 Å². The first-order valence-corrected chi connectivity index (χ1v) is 7.70. The van der Waals surface area contributed by atoms with Gasteiger partial charge < -0.3 is 10.5 Å². The summed E-state index contributed by atoms with van der Waals surface area (Å²) in [6.07, 6.45) is 0.545. The van der Waals surface area contributed by atoms with Crippen LogP contribution < -0.4 is 10.5 Å². The minimum absolute atomic E-state index is 0.122. The summed E-state index contributed by atoms with van der Waals surface area (Å²) >= 11 is 12.2. The zero-order valence-electron chi connectivity index (χ0n) is 12.1.